The van der Waals surface area contributed by atoms with Crippen LogP contribution >= 0.6 is 11.5 Å². The first-order valence-corrected chi connectivity index (χ1v) is 11.1. The standard InChI is InChI=1S/C21H27FN4OS/c22-17-10-8-15(9-11-17)13-19-24-21(28-25-19)26-12-4-5-16(14-26)20(27)23-18-6-2-1-3-7-18/h8-11,16,18H,1-7,12-14H2,(H,23,27)/t16-/m0/s1. The summed E-state index contributed by atoms with van der Waals surface area (Å²) >= 11 is 1.39. The highest BCUT2D eigenvalue weighted by Gasteiger charge is 2.29. The quantitative estimate of drug-likeness (QED) is 0.823. The molecule has 0 radical (unpaired) electrons. The molecule has 1 atom stereocenters. The van der Waals surface area contributed by atoms with Crippen molar-refractivity contribution in [2.75, 3.05) is 18.0 Å². The van der Waals surface area contributed by atoms with Gasteiger partial charge in [0.25, 0.3) is 0 Å². The number of nitrogens with zero attached hydrogens (tertiary/aromatic N) is 3. The van der Waals surface area contributed by atoms with E-state index in [1.54, 1.807) is 12.1 Å². The summed E-state index contributed by atoms with van der Waals surface area (Å²) in [6.45, 7) is 1.63. The Morgan fingerprint density at radius 1 is 1.14 bits per heavy atom. The van der Waals surface area contributed by atoms with Gasteiger partial charge in [0, 0.05) is 37.1 Å². The van der Waals surface area contributed by atoms with Gasteiger partial charge in [-0.3, -0.25) is 4.79 Å². The van der Waals surface area contributed by atoms with Crippen LogP contribution < -0.4 is 10.2 Å². The van der Waals surface area contributed by atoms with Crippen LogP contribution in [-0.4, -0.2) is 34.4 Å². The van der Waals surface area contributed by atoms with Crippen molar-refractivity contribution in [2.24, 2.45) is 5.92 Å². The highest BCUT2D eigenvalue weighted by atomic mass is 32.1. The van der Waals surface area contributed by atoms with E-state index in [4.69, 9.17) is 0 Å². The fraction of sp³-hybridized carbons (Fsp3) is 0.571. The van der Waals surface area contributed by atoms with Gasteiger partial charge in [-0.25, -0.2) is 9.37 Å². The molecule has 0 unspecified atom stereocenters. The molecule has 0 bridgehead atoms. The monoisotopic (exact) mass is 402 g/mol. The number of amides is 1. The summed E-state index contributed by atoms with van der Waals surface area (Å²) in [4.78, 5) is 19.6. The number of rotatable bonds is 5. The average molecular weight is 403 g/mol. The minimum Gasteiger partial charge on any atom is -0.353 e. The molecule has 1 aromatic carbocycles. The van der Waals surface area contributed by atoms with Crippen molar-refractivity contribution >= 4 is 22.6 Å². The Labute approximate surface area is 169 Å². The number of anilines is 1. The lowest BCUT2D eigenvalue weighted by molar-refractivity contribution is -0.126. The van der Waals surface area contributed by atoms with Crippen LogP contribution in [0.4, 0.5) is 9.52 Å². The second kappa shape index (κ2) is 8.99. The van der Waals surface area contributed by atoms with Crippen molar-refractivity contribution in [1.29, 1.82) is 0 Å². The Morgan fingerprint density at radius 3 is 2.71 bits per heavy atom. The van der Waals surface area contributed by atoms with Crippen molar-refractivity contribution in [2.45, 2.75) is 57.4 Å². The number of nitrogens with one attached hydrogen (secondary N) is 1. The average Bonchev–Trinajstić information content (AvgIpc) is 3.19. The number of carbonyl (C=O) groups excluding carboxylic acids is 1. The van der Waals surface area contributed by atoms with Gasteiger partial charge in [0.2, 0.25) is 11.0 Å². The third-order valence-corrected chi connectivity index (χ3v) is 6.56. The fourth-order valence-electron chi connectivity index (χ4n) is 4.16. The number of hydrogen-bond donors (Lipinski definition) is 1. The van der Waals surface area contributed by atoms with E-state index in [-0.39, 0.29) is 17.6 Å². The fourth-order valence-corrected chi connectivity index (χ4v) is 4.88. The van der Waals surface area contributed by atoms with E-state index >= 15 is 0 Å². The molecule has 150 valence electrons. The first-order valence-electron chi connectivity index (χ1n) is 10.3. The first-order chi connectivity index (χ1) is 13.7. The molecule has 1 aliphatic carbocycles. The maximum Gasteiger partial charge on any atom is 0.225 e. The maximum absolute atomic E-state index is 13.1. The van der Waals surface area contributed by atoms with E-state index in [9.17, 15) is 9.18 Å². The van der Waals surface area contributed by atoms with Crippen molar-refractivity contribution in [3.8, 4) is 0 Å². The van der Waals surface area contributed by atoms with Crippen LogP contribution in [0.2, 0.25) is 0 Å². The summed E-state index contributed by atoms with van der Waals surface area (Å²) in [6.07, 6.45) is 8.51. The van der Waals surface area contributed by atoms with Crippen LogP contribution in [0.15, 0.2) is 24.3 Å². The molecule has 4 rings (SSSR count). The smallest absolute Gasteiger partial charge is 0.225 e. The summed E-state index contributed by atoms with van der Waals surface area (Å²) in [5.74, 6) is 0.745. The zero-order chi connectivity index (χ0) is 19.3. The zero-order valence-electron chi connectivity index (χ0n) is 16.1. The second-order valence-electron chi connectivity index (χ2n) is 7.93. The second-order valence-corrected chi connectivity index (χ2v) is 8.66. The van der Waals surface area contributed by atoms with Gasteiger partial charge in [0.05, 0.1) is 5.92 Å². The van der Waals surface area contributed by atoms with Crippen LogP contribution in [0.1, 0.15) is 56.3 Å². The summed E-state index contributed by atoms with van der Waals surface area (Å²) < 4.78 is 17.5. The Bertz CT molecular complexity index is 788. The summed E-state index contributed by atoms with van der Waals surface area (Å²) in [5.41, 5.74) is 0.995. The molecular formula is C21H27FN4OS. The molecular weight excluding hydrogens is 375 g/mol. The Kier molecular flexibility index (Phi) is 6.20. The van der Waals surface area contributed by atoms with Gasteiger partial charge in [-0.1, -0.05) is 31.4 Å². The third-order valence-electron chi connectivity index (χ3n) is 5.75. The summed E-state index contributed by atoms with van der Waals surface area (Å²) in [6, 6.07) is 6.82. The van der Waals surface area contributed by atoms with E-state index in [0.717, 1.165) is 48.7 Å². The normalized spacial score (nSPS) is 20.9. The minimum atomic E-state index is -0.235. The van der Waals surface area contributed by atoms with E-state index in [1.807, 2.05) is 0 Å². The van der Waals surface area contributed by atoms with E-state index in [0.29, 0.717) is 19.0 Å². The number of hydrogen-bond acceptors (Lipinski definition) is 5. The Hall–Kier alpha value is -2.02. The molecule has 2 heterocycles. The predicted molar refractivity (Wildman–Crippen MR) is 109 cm³/mol. The van der Waals surface area contributed by atoms with Gasteiger partial charge in [-0.05, 0) is 43.4 Å². The molecule has 2 aliphatic rings. The van der Waals surface area contributed by atoms with Crippen LogP contribution in [0.3, 0.4) is 0 Å². The molecule has 28 heavy (non-hydrogen) atoms. The molecule has 1 saturated carbocycles. The van der Waals surface area contributed by atoms with Gasteiger partial charge < -0.3 is 10.2 Å². The van der Waals surface area contributed by atoms with E-state index in [1.165, 1.54) is 42.9 Å². The largest absolute Gasteiger partial charge is 0.353 e. The SMILES string of the molecule is O=C(NC1CCCCC1)[C@H]1CCCN(c2nc(Cc3ccc(F)cc3)ns2)C1. The molecule has 2 aromatic rings. The highest BCUT2D eigenvalue weighted by molar-refractivity contribution is 7.09. The lowest BCUT2D eigenvalue weighted by Crippen LogP contribution is -2.46. The van der Waals surface area contributed by atoms with Gasteiger partial charge in [0.15, 0.2) is 0 Å². The van der Waals surface area contributed by atoms with Gasteiger partial charge in [-0.2, -0.15) is 4.37 Å². The Balaban J connectivity index is 1.34. The van der Waals surface area contributed by atoms with Crippen LogP contribution in [0.25, 0.3) is 0 Å². The van der Waals surface area contributed by atoms with Crippen LogP contribution in [0.5, 0.6) is 0 Å². The number of benzene rings is 1. The van der Waals surface area contributed by atoms with Crippen molar-refractivity contribution in [3.05, 3.63) is 41.5 Å². The van der Waals surface area contributed by atoms with Crippen molar-refractivity contribution in [3.63, 3.8) is 0 Å². The van der Waals surface area contributed by atoms with Crippen molar-refractivity contribution < 1.29 is 9.18 Å². The topological polar surface area (TPSA) is 58.1 Å². The number of halogens is 1. The van der Waals surface area contributed by atoms with Crippen LogP contribution in [0, 0.1) is 11.7 Å². The van der Waals surface area contributed by atoms with E-state index < -0.39 is 0 Å². The summed E-state index contributed by atoms with van der Waals surface area (Å²) in [7, 11) is 0. The molecule has 1 N–H and O–H groups in total. The minimum absolute atomic E-state index is 0.0279. The first kappa shape index (κ1) is 19.3. The molecule has 1 amide bonds. The molecule has 1 aliphatic heterocycles. The lowest BCUT2D eigenvalue weighted by Gasteiger charge is -2.33. The molecule has 5 nitrogen and oxygen atoms in total. The molecule has 0 spiro atoms. The molecule has 7 heteroatoms. The third kappa shape index (κ3) is 4.87. The van der Waals surface area contributed by atoms with Gasteiger partial charge >= 0.3 is 0 Å². The number of aromatic nitrogens is 2. The number of piperidine rings is 1. The van der Waals surface area contributed by atoms with Crippen molar-refractivity contribution in [1.82, 2.24) is 14.7 Å². The molecule has 1 aromatic heterocycles. The maximum atomic E-state index is 13.1. The molecule has 2 fully saturated rings. The zero-order valence-corrected chi connectivity index (χ0v) is 16.9. The van der Waals surface area contributed by atoms with Crippen LogP contribution in [-0.2, 0) is 11.2 Å². The van der Waals surface area contributed by atoms with E-state index in [2.05, 4.69) is 19.6 Å². The molecule has 1 saturated heterocycles. The summed E-state index contributed by atoms with van der Waals surface area (Å²) in [5, 5.41) is 4.16. The predicted octanol–water partition coefficient (Wildman–Crippen LogP) is 3.93. The number of carbonyl (C=O) groups is 1. The lowest BCUT2D eigenvalue weighted by atomic mass is 9.93. The van der Waals surface area contributed by atoms with Gasteiger partial charge in [-0.15, -0.1) is 0 Å². The Morgan fingerprint density at radius 2 is 1.93 bits per heavy atom. The van der Waals surface area contributed by atoms with Gasteiger partial charge in [0.1, 0.15) is 11.6 Å². The highest BCUT2D eigenvalue weighted by Crippen LogP contribution is 2.26.